The molecule has 1 atom stereocenters. The Labute approximate surface area is 115 Å². The average Bonchev–Trinajstić information content (AvgIpc) is 2.54. The first-order valence-electron chi connectivity index (χ1n) is 6.59. The molecule has 0 bridgehead atoms. The van der Waals surface area contributed by atoms with Crippen molar-refractivity contribution in [2.24, 2.45) is 0 Å². The van der Waals surface area contributed by atoms with Crippen molar-refractivity contribution < 1.29 is 4.90 Å². The molecule has 1 saturated heterocycles. The minimum absolute atomic E-state index is 0.857. The van der Waals surface area contributed by atoms with E-state index in [-0.39, 0.29) is 0 Å². The van der Waals surface area contributed by atoms with E-state index in [0.29, 0.717) is 0 Å². The minimum atomic E-state index is 0.857. The number of aryl methyl sites for hydroxylation is 1. The van der Waals surface area contributed by atoms with Gasteiger partial charge in [0.2, 0.25) is 0 Å². The summed E-state index contributed by atoms with van der Waals surface area (Å²) in [5, 5.41) is 4.20. The van der Waals surface area contributed by atoms with Gasteiger partial charge in [0.15, 0.2) is 5.11 Å². The van der Waals surface area contributed by atoms with Gasteiger partial charge in [-0.15, -0.1) is 0 Å². The lowest BCUT2D eigenvalue weighted by molar-refractivity contribution is -0.877. The van der Waals surface area contributed by atoms with E-state index >= 15 is 0 Å². The smallest absolute Gasteiger partial charge is 0.173 e. The SMILES string of the molecule is Cc1cccc(NC(=S)N2CCC[NH+](C)CC2)c1. The molecule has 1 aromatic rings. The largest absolute Gasteiger partial charge is 0.343 e. The predicted octanol–water partition coefficient (Wildman–Crippen LogP) is 0.912. The molecule has 3 nitrogen and oxygen atoms in total. The maximum atomic E-state index is 5.50. The summed E-state index contributed by atoms with van der Waals surface area (Å²) in [5.41, 5.74) is 2.34. The second-order valence-electron chi connectivity index (χ2n) is 5.10. The highest BCUT2D eigenvalue weighted by atomic mass is 32.1. The number of nitrogens with one attached hydrogen (secondary N) is 2. The Morgan fingerprint density at radius 1 is 1.33 bits per heavy atom. The maximum absolute atomic E-state index is 5.50. The number of hydrogen-bond donors (Lipinski definition) is 2. The highest BCUT2D eigenvalue weighted by Gasteiger charge is 2.16. The fraction of sp³-hybridized carbons (Fsp3) is 0.500. The van der Waals surface area contributed by atoms with Crippen LogP contribution in [0.1, 0.15) is 12.0 Å². The Morgan fingerprint density at radius 2 is 2.17 bits per heavy atom. The Bertz CT molecular complexity index is 419. The Balaban J connectivity index is 1.95. The van der Waals surface area contributed by atoms with Gasteiger partial charge in [0.05, 0.1) is 26.7 Å². The zero-order chi connectivity index (χ0) is 13.0. The molecule has 1 aliphatic heterocycles. The number of benzene rings is 1. The molecule has 1 unspecified atom stereocenters. The molecule has 18 heavy (non-hydrogen) atoms. The van der Waals surface area contributed by atoms with Gasteiger partial charge in [-0.2, -0.15) is 0 Å². The monoisotopic (exact) mass is 264 g/mol. The second kappa shape index (κ2) is 6.16. The third-order valence-electron chi connectivity index (χ3n) is 3.40. The molecule has 98 valence electrons. The fourth-order valence-electron chi connectivity index (χ4n) is 2.26. The summed E-state index contributed by atoms with van der Waals surface area (Å²) in [4.78, 5) is 3.88. The van der Waals surface area contributed by atoms with Gasteiger partial charge in [-0.05, 0) is 36.8 Å². The van der Waals surface area contributed by atoms with Gasteiger partial charge >= 0.3 is 0 Å². The summed E-state index contributed by atoms with van der Waals surface area (Å²) in [6.45, 7) is 6.61. The van der Waals surface area contributed by atoms with E-state index in [4.69, 9.17) is 12.2 Å². The molecule has 2 rings (SSSR count). The lowest BCUT2D eigenvalue weighted by atomic mass is 10.2. The van der Waals surface area contributed by atoms with Crippen LogP contribution in [0.15, 0.2) is 24.3 Å². The van der Waals surface area contributed by atoms with Gasteiger partial charge in [0.1, 0.15) is 0 Å². The van der Waals surface area contributed by atoms with Crippen molar-refractivity contribution in [3.63, 3.8) is 0 Å². The number of nitrogens with zero attached hydrogens (tertiary/aromatic N) is 1. The lowest BCUT2D eigenvalue weighted by Crippen LogP contribution is -3.09. The van der Waals surface area contributed by atoms with E-state index in [0.717, 1.165) is 30.4 Å². The van der Waals surface area contributed by atoms with Gasteiger partial charge in [-0.3, -0.25) is 0 Å². The van der Waals surface area contributed by atoms with Crippen molar-refractivity contribution in [1.82, 2.24) is 4.90 Å². The summed E-state index contributed by atoms with van der Waals surface area (Å²) < 4.78 is 0. The predicted molar refractivity (Wildman–Crippen MR) is 80.2 cm³/mol. The van der Waals surface area contributed by atoms with Crippen molar-refractivity contribution in [3.8, 4) is 0 Å². The van der Waals surface area contributed by atoms with Crippen LogP contribution in [-0.2, 0) is 0 Å². The first kappa shape index (κ1) is 13.3. The Hall–Kier alpha value is -1.13. The third-order valence-corrected chi connectivity index (χ3v) is 3.76. The van der Waals surface area contributed by atoms with Crippen LogP contribution in [0, 0.1) is 6.92 Å². The first-order valence-corrected chi connectivity index (χ1v) is 7.00. The number of thiocarbonyl (C=S) groups is 1. The minimum Gasteiger partial charge on any atom is -0.343 e. The van der Waals surface area contributed by atoms with E-state index in [1.807, 2.05) is 0 Å². The standard InChI is InChI=1S/C14H21N3S/c1-12-5-3-6-13(11-12)15-14(18)17-8-4-7-16(2)9-10-17/h3,5-6,11H,4,7-10H2,1-2H3,(H,15,18)/p+1. The molecule has 0 amide bonds. The third kappa shape index (κ3) is 3.68. The molecule has 1 heterocycles. The van der Waals surface area contributed by atoms with E-state index in [1.54, 1.807) is 4.90 Å². The quantitative estimate of drug-likeness (QED) is 0.736. The number of quaternary nitrogens is 1. The van der Waals surface area contributed by atoms with Crippen molar-refractivity contribution in [1.29, 1.82) is 0 Å². The van der Waals surface area contributed by atoms with Crippen LogP contribution in [0.5, 0.6) is 0 Å². The molecule has 1 aromatic carbocycles. The molecule has 0 saturated carbocycles. The summed E-state index contributed by atoms with van der Waals surface area (Å²) in [6, 6.07) is 8.34. The fourth-order valence-corrected chi connectivity index (χ4v) is 2.56. The maximum Gasteiger partial charge on any atom is 0.173 e. The molecule has 1 fully saturated rings. The number of hydrogen-bond acceptors (Lipinski definition) is 1. The van der Waals surface area contributed by atoms with Crippen molar-refractivity contribution >= 4 is 23.0 Å². The zero-order valence-corrected chi connectivity index (χ0v) is 12.0. The van der Waals surface area contributed by atoms with Gasteiger partial charge in [-0.1, -0.05) is 12.1 Å². The lowest BCUT2D eigenvalue weighted by Gasteiger charge is -2.23. The van der Waals surface area contributed by atoms with Crippen LogP contribution >= 0.6 is 12.2 Å². The van der Waals surface area contributed by atoms with Crippen LogP contribution in [-0.4, -0.2) is 43.2 Å². The van der Waals surface area contributed by atoms with Gasteiger partial charge < -0.3 is 15.1 Å². The van der Waals surface area contributed by atoms with E-state index < -0.39 is 0 Å². The normalized spacial score (nSPS) is 20.3. The molecule has 0 spiro atoms. The first-order chi connectivity index (χ1) is 8.65. The molecule has 0 aliphatic carbocycles. The van der Waals surface area contributed by atoms with Gasteiger partial charge in [0, 0.05) is 18.7 Å². The molecule has 4 heteroatoms. The van der Waals surface area contributed by atoms with Crippen LogP contribution < -0.4 is 10.2 Å². The number of likely N-dealkylation sites (N-methyl/N-ethyl adjacent to an activating group) is 1. The molecular formula is C14H22N3S+. The van der Waals surface area contributed by atoms with Crippen molar-refractivity contribution in [2.45, 2.75) is 13.3 Å². The van der Waals surface area contributed by atoms with E-state index in [9.17, 15) is 0 Å². The molecule has 1 aliphatic rings. The Morgan fingerprint density at radius 3 is 2.94 bits per heavy atom. The number of anilines is 1. The van der Waals surface area contributed by atoms with Gasteiger partial charge in [0.25, 0.3) is 0 Å². The van der Waals surface area contributed by atoms with Gasteiger partial charge in [-0.25, -0.2) is 0 Å². The molecule has 0 radical (unpaired) electrons. The second-order valence-corrected chi connectivity index (χ2v) is 5.48. The van der Waals surface area contributed by atoms with Crippen LogP contribution in [0.4, 0.5) is 5.69 Å². The topological polar surface area (TPSA) is 19.7 Å². The molecule has 0 aromatic heterocycles. The average molecular weight is 264 g/mol. The highest BCUT2D eigenvalue weighted by Crippen LogP contribution is 2.10. The molecule has 2 N–H and O–H groups in total. The van der Waals surface area contributed by atoms with Crippen LogP contribution in [0.25, 0.3) is 0 Å². The Kier molecular flexibility index (Phi) is 4.55. The van der Waals surface area contributed by atoms with Crippen LogP contribution in [0.3, 0.4) is 0 Å². The van der Waals surface area contributed by atoms with Crippen LogP contribution in [0.2, 0.25) is 0 Å². The summed E-state index contributed by atoms with van der Waals surface area (Å²) in [5.74, 6) is 0. The zero-order valence-electron chi connectivity index (χ0n) is 11.2. The van der Waals surface area contributed by atoms with Crippen molar-refractivity contribution in [2.75, 3.05) is 38.5 Å². The van der Waals surface area contributed by atoms with Crippen molar-refractivity contribution in [3.05, 3.63) is 29.8 Å². The van der Waals surface area contributed by atoms with E-state index in [1.165, 1.54) is 18.5 Å². The summed E-state index contributed by atoms with van der Waals surface area (Å²) >= 11 is 5.50. The summed E-state index contributed by atoms with van der Waals surface area (Å²) in [7, 11) is 2.25. The summed E-state index contributed by atoms with van der Waals surface area (Å²) in [6.07, 6.45) is 1.21. The number of rotatable bonds is 1. The van der Waals surface area contributed by atoms with E-state index in [2.05, 4.69) is 48.5 Å². The highest BCUT2D eigenvalue weighted by molar-refractivity contribution is 7.80. The molecular weight excluding hydrogens is 242 g/mol.